The molecule has 0 radical (unpaired) electrons. The fourth-order valence-electron chi connectivity index (χ4n) is 3.63. The van der Waals surface area contributed by atoms with E-state index in [9.17, 15) is 0 Å². The number of fused-ring (bicyclic) bond motifs is 6. The molecule has 2 aromatic heterocycles. The van der Waals surface area contributed by atoms with Crippen LogP contribution in [0.5, 0.6) is 0 Å². The van der Waals surface area contributed by atoms with Crippen LogP contribution >= 0.6 is 0 Å². The van der Waals surface area contributed by atoms with Crippen LogP contribution in [0.2, 0.25) is 0 Å². The predicted molar refractivity (Wildman–Crippen MR) is 96.0 cm³/mol. The summed E-state index contributed by atoms with van der Waals surface area (Å²) in [5.41, 5.74) is 5.77. The Morgan fingerprint density at radius 2 is 1.61 bits per heavy atom. The third-order valence-electron chi connectivity index (χ3n) is 4.69. The lowest BCUT2D eigenvalue weighted by molar-refractivity contribution is 0.190. The molecule has 2 heterocycles. The number of rotatable bonds is 1. The summed E-state index contributed by atoms with van der Waals surface area (Å²) in [7, 11) is 1.72. The number of nitrogens with zero attached hydrogens (tertiary/aromatic N) is 1. The van der Waals surface area contributed by atoms with Gasteiger partial charge in [0.15, 0.2) is 0 Å². The molecule has 1 N–H and O–H groups in total. The number of aryl methyl sites for hydroxylation is 1. The fourth-order valence-corrected chi connectivity index (χ4v) is 3.63. The van der Waals surface area contributed by atoms with Gasteiger partial charge in [0.2, 0.25) is 0 Å². The van der Waals surface area contributed by atoms with Gasteiger partial charge in [-0.15, -0.1) is 0 Å². The highest BCUT2D eigenvalue weighted by atomic mass is 16.6. The van der Waals surface area contributed by atoms with Gasteiger partial charge in [-0.05, 0) is 36.8 Å². The maximum atomic E-state index is 5.68. The molecule has 0 saturated carbocycles. The van der Waals surface area contributed by atoms with E-state index in [1.807, 2.05) is 4.73 Å². The molecule has 3 nitrogen and oxygen atoms in total. The van der Waals surface area contributed by atoms with Crippen molar-refractivity contribution in [1.82, 2.24) is 9.71 Å². The number of para-hydroxylation sites is 1. The first-order valence-electron chi connectivity index (χ1n) is 7.76. The molecule has 0 atom stereocenters. The Morgan fingerprint density at radius 1 is 0.783 bits per heavy atom. The number of hydrogen-bond acceptors (Lipinski definition) is 1. The quantitative estimate of drug-likeness (QED) is 0.473. The van der Waals surface area contributed by atoms with E-state index in [0.717, 1.165) is 16.6 Å². The SMILES string of the molecule is COn1c2cc(C)ccc2c2cc3[nH]c4ccccc4c3cc21. The average Bonchev–Trinajstić information content (AvgIpc) is 3.07. The molecule has 23 heavy (non-hydrogen) atoms. The van der Waals surface area contributed by atoms with E-state index in [1.165, 1.54) is 32.6 Å². The molecule has 0 aliphatic rings. The Hall–Kier alpha value is -2.94. The van der Waals surface area contributed by atoms with Gasteiger partial charge in [0.05, 0.1) is 11.0 Å². The van der Waals surface area contributed by atoms with Crippen LogP contribution in [-0.2, 0) is 0 Å². The molecule has 0 aliphatic carbocycles. The molecule has 0 spiro atoms. The Balaban J connectivity index is 2.03. The summed E-state index contributed by atoms with van der Waals surface area (Å²) in [4.78, 5) is 9.20. The van der Waals surface area contributed by atoms with Gasteiger partial charge >= 0.3 is 0 Å². The number of nitrogens with one attached hydrogen (secondary N) is 1. The van der Waals surface area contributed by atoms with Crippen LogP contribution in [-0.4, -0.2) is 16.8 Å². The summed E-state index contributed by atoms with van der Waals surface area (Å²) >= 11 is 0. The van der Waals surface area contributed by atoms with E-state index < -0.39 is 0 Å². The number of aromatic nitrogens is 2. The van der Waals surface area contributed by atoms with Crippen molar-refractivity contribution in [3.63, 3.8) is 0 Å². The third-order valence-corrected chi connectivity index (χ3v) is 4.69. The van der Waals surface area contributed by atoms with Gasteiger partial charge in [0.25, 0.3) is 0 Å². The molecule has 0 amide bonds. The summed E-state index contributed by atoms with van der Waals surface area (Å²) < 4.78 is 1.93. The van der Waals surface area contributed by atoms with Gasteiger partial charge < -0.3 is 9.82 Å². The molecular formula is C20H16N2O. The van der Waals surface area contributed by atoms with Crippen LogP contribution in [0.1, 0.15) is 5.56 Å². The minimum atomic E-state index is 1.10. The van der Waals surface area contributed by atoms with E-state index in [2.05, 4.69) is 66.5 Å². The highest BCUT2D eigenvalue weighted by molar-refractivity contribution is 6.17. The standard InChI is InChI=1S/C20H16N2O/c1-12-7-8-14-16-10-18-15(13-5-3-4-6-17(13)21-18)11-20(16)22(23-2)19(14)9-12/h3-11,21H,1-2H3. The van der Waals surface area contributed by atoms with Crippen LogP contribution in [0, 0.1) is 6.92 Å². The van der Waals surface area contributed by atoms with E-state index in [0.29, 0.717) is 0 Å². The van der Waals surface area contributed by atoms with Crippen LogP contribution in [0.3, 0.4) is 0 Å². The maximum Gasteiger partial charge on any atom is 0.104 e. The molecule has 3 heteroatoms. The maximum absolute atomic E-state index is 5.68. The van der Waals surface area contributed by atoms with Crippen molar-refractivity contribution in [2.45, 2.75) is 6.92 Å². The smallest absolute Gasteiger partial charge is 0.104 e. The number of benzene rings is 3. The molecule has 5 aromatic rings. The zero-order valence-electron chi connectivity index (χ0n) is 13.1. The van der Waals surface area contributed by atoms with E-state index >= 15 is 0 Å². The summed E-state index contributed by atoms with van der Waals surface area (Å²) in [6, 6.07) is 19.4. The van der Waals surface area contributed by atoms with E-state index in [-0.39, 0.29) is 0 Å². The first kappa shape index (κ1) is 12.6. The Labute approximate surface area is 133 Å². The second-order valence-electron chi connectivity index (χ2n) is 6.08. The third kappa shape index (κ3) is 1.59. The van der Waals surface area contributed by atoms with Crippen molar-refractivity contribution in [3.8, 4) is 0 Å². The van der Waals surface area contributed by atoms with Crippen molar-refractivity contribution in [2.75, 3.05) is 7.11 Å². The summed E-state index contributed by atoms with van der Waals surface area (Å²) in [6.45, 7) is 2.11. The van der Waals surface area contributed by atoms with Gasteiger partial charge in [0.1, 0.15) is 7.11 Å². The molecule has 0 saturated heterocycles. The first-order valence-corrected chi connectivity index (χ1v) is 7.76. The van der Waals surface area contributed by atoms with Crippen LogP contribution in [0.15, 0.2) is 54.6 Å². The van der Waals surface area contributed by atoms with Gasteiger partial charge in [-0.1, -0.05) is 30.3 Å². The zero-order valence-corrected chi connectivity index (χ0v) is 13.1. The lowest BCUT2D eigenvalue weighted by Crippen LogP contribution is -2.04. The number of hydrogen-bond donors (Lipinski definition) is 1. The number of aromatic amines is 1. The van der Waals surface area contributed by atoms with Gasteiger partial charge in [-0.3, -0.25) is 0 Å². The normalized spacial score (nSPS) is 11.9. The van der Waals surface area contributed by atoms with Gasteiger partial charge in [-0.2, -0.15) is 4.73 Å². The van der Waals surface area contributed by atoms with Crippen molar-refractivity contribution in [2.24, 2.45) is 0 Å². The van der Waals surface area contributed by atoms with Crippen molar-refractivity contribution >= 4 is 43.6 Å². The summed E-state index contributed by atoms with van der Waals surface area (Å²) in [5.74, 6) is 0. The topological polar surface area (TPSA) is 29.9 Å². The van der Waals surface area contributed by atoms with Crippen molar-refractivity contribution in [1.29, 1.82) is 0 Å². The molecule has 0 unspecified atom stereocenters. The van der Waals surface area contributed by atoms with Gasteiger partial charge in [-0.25, -0.2) is 0 Å². The fraction of sp³-hybridized carbons (Fsp3) is 0.100. The highest BCUT2D eigenvalue weighted by Crippen LogP contribution is 2.34. The zero-order chi connectivity index (χ0) is 15.6. The van der Waals surface area contributed by atoms with E-state index in [4.69, 9.17) is 4.84 Å². The van der Waals surface area contributed by atoms with Crippen molar-refractivity contribution < 1.29 is 4.84 Å². The summed E-state index contributed by atoms with van der Waals surface area (Å²) in [5, 5.41) is 4.90. The Bertz CT molecular complexity index is 1210. The Morgan fingerprint density at radius 3 is 2.48 bits per heavy atom. The van der Waals surface area contributed by atoms with E-state index in [1.54, 1.807) is 7.11 Å². The molecule has 0 aliphatic heterocycles. The average molecular weight is 300 g/mol. The predicted octanol–water partition coefficient (Wildman–Crippen LogP) is 4.80. The van der Waals surface area contributed by atoms with Gasteiger partial charge in [0, 0.05) is 32.6 Å². The molecular weight excluding hydrogens is 284 g/mol. The van der Waals surface area contributed by atoms with Crippen LogP contribution in [0.4, 0.5) is 0 Å². The van der Waals surface area contributed by atoms with Crippen LogP contribution < -0.4 is 4.84 Å². The van der Waals surface area contributed by atoms with Crippen molar-refractivity contribution in [3.05, 3.63) is 60.2 Å². The molecule has 0 fully saturated rings. The second kappa shape index (κ2) is 4.29. The monoisotopic (exact) mass is 300 g/mol. The molecule has 0 bridgehead atoms. The second-order valence-corrected chi connectivity index (χ2v) is 6.08. The minimum Gasteiger partial charge on any atom is -0.416 e. The largest absolute Gasteiger partial charge is 0.416 e. The lowest BCUT2D eigenvalue weighted by Gasteiger charge is -2.04. The molecule has 5 rings (SSSR count). The first-order chi connectivity index (χ1) is 11.3. The minimum absolute atomic E-state index is 1.10. The number of H-pyrrole nitrogens is 1. The Kier molecular flexibility index (Phi) is 2.35. The molecule has 112 valence electrons. The van der Waals surface area contributed by atoms with Crippen LogP contribution in [0.25, 0.3) is 43.6 Å². The molecule has 3 aromatic carbocycles. The highest BCUT2D eigenvalue weighted by Gasteiger charge is 2.14. The lowest BCUT2D eigenvalue weighted by atomic mass is 10.1. The summed E-state index contributed by atoms with van der Waals surface area (Å²) in [6.07, 6.45) is 0.